The van der Waals surface area contributed by atoms with Crippen molar-refractivity contribution in [2.45, 2.75) is 19.9 Å². The molecule has 1 aromatic heterocycles. The molecule has 0 bridgehead atoms. The first kappa shape index (κ1) is 13.1. The normalized spacial score (nSPS) is 10.6. The fourth-order valence-electron chi connectivity index (χ4n) is 2.03. The maximum absolute atomic E-state index is 11.9. The Hall–Kier alpha value is -2.30. The van der Waals surface area contributed by atoms with E-state index in [9.17, 15) is 9.59 Å². The van der Waals surface area contributed by atoms with Crippen molar-refractivity contribution < 1.29 is 19.4 Å². The molecule has 0 saturated carbocycles. The monoisotopic (exact) mass is 261 g/mol. The second-order valence-electron chi connectivity index (χ2n) is 4.10. The average Bonchev–Trinajstić information content (AvgIpc) is 2.75. The number of ether oxygens (including phenoxy) is 1. The molecule has 19 heavy (non-hydrogen) atoms. The van der Waals surface area contributed by atoms with Gasteiger partial charge in [-0.1, -0.05) is 18.2 Å². The van der Waals surface area contributed by atoms with Crippen LogP contribution in [0, 0.1) is 0 Å². The first-order valence-electron chi connectivity index (χ1n) is 6.10. The van der Waals surface area contributed by atoms with Crippen LogP contribution in [0.4, 0.5) is 0 Å². The number of benzene rings is 1. The zero-order valence-electron chi connectivity index (χ0n) is 10.6. The van der Waals surface area contributed by atoms with Crippen molar-refractivity contribution in [2.75, 3.05) is 6.61 Å². The topological polar surface area (TPSA) is 68.5 Å². The van der Waals surface area contributed by atoms with Crippen molar-refractivity contribution in [3.8, 4) is 0 Å². The molecule has 0 saturated heterocycles. The van der Waals surface area contributed by atoms with E-state index in [1.165, 1.54) is 0 Å². The van der Waals surface area contributed by atoms with E-state index in [1.54, 1.807) is 17.6 Å². The predicted octanol–water partition coefficient (Wildman–Crippen LogP) is 2.29. The quantitative estimate of drug-likeness (QED) is 0.838. The van der Waals surface area contributed by atoms with Gasteiger partial charge < -0.3 is 14.4 Å². The summed E-state index contributed by atoms with van der Waals surface area (Å²) in [6.07, 6.45) is -0.0366. The molecule has 2 aromatic rings. The number of fused-ring (bicyclic) bond motifs is 1. The zero-order valence-corrected chi connectivity index (χ0v) is 10.6. The molecule has 1 heterocycles. The van der Waals surface area contributed by atoms with Gasteiger partial charge in [0, 0.05) is 17.4 Å². The molecule has 0 atom stereocenters. The Morgan fingerprint density at radius 1 is 1.32 bits per heavy atom. The number of para-hydroxylation sites is 1. The summed E-state index contributed by atoms with van der Waals surface area (Å²) < 4.78 is 6.69. The van der Waals surface area contributed by atoms with E-state index in [-0.39, 0.29) is 13.0 Å². The fraction of sp³-hybridized carbons (Fsp3) is 0.286. The number of carboxylic acids is 1. The lowest BCUT2D eigenvalue weighted by atomic mass is 10.2. The van der Waals surface area contributed by atoms with Crippen LogP contribution in [-0.2, 0) is 16.1 Å². The number of rotatable bonds is 5. The summed E-state index contributed by atoms with van der Waals surface area (Å²) in [6, 6.07) is 9.21. The maximum atomic E-state index is 11.9. The number of esters is 1. The predicted molar refractivity (Wildman–Crippen MR) is 70.1 cm³/mol. The highest BCUT2D eigenvalue weighted by molar-refractivity contribution is 5.95. The average molecular weight is 261 g/mol. The Balaban J connectivity index is 2.45. The highest BCUT2D eigenvalue weighted by Crippen LogP contribution is 2.21. The Bertz CT molecular complexity index is 615. The molecule has 5 heteroatoms. The summed E-state index contributed by atoms with van der Waals surface area (Å²) in [5.74, 6) is -1.32. The number of carbonyl (C=O) groups is 2. The largest absolute Gasteiger partial charge is 0.481 e. The van der Waals surface area contributed by atoms with Gasteiger partial charge in [-0.15, -0.1) is 0 Å². The Morgan fingerprint density at radius 2 is 2.05 bits per heavy atom. The fourth-order valence-corrected chi connectivity index (χ4v) is 2.03. The molecule has 1 aromatic carbocycles. The second-order valence-corrected chi connectivity index (χ2v) is 4.10. The van der Waals surface area contributed by atoms with E-state index in [0.29, 0.717) is 12.3 Å². The molecule has 0 aliphatic heterocycles. The summed E-state index contributed by atoms with van der Waals surface area (Å²) in [6.45, 7) is 2.28. The van der Waals surface area contributed by atoms with E-state index < -0.39 is 11.9 Å². The van der Waals surface area contributed by atoms with Crippen molar-refractivity contribution in [1.29, 1.82) is 0 Å². The van der Waals surface area contributed by atoms with Crippen LogP contribution in [0.1, 0.15) is 23.8 Å². The lowest BCUT2D eigenvalue weighted by Gasteiger charge is -2.08. The molecular weight excluding hydrogens is 246 g/mol. The van der Waals surface area contributed by atoms with Crippen molar-refractivity contribution in [3.05, 3.63) is 36.0 Å². The number of aromatic nitrogens is 1. The van der Waals surface area contributed by atoms with E-state index in [2.05, 4.69) is 0 Å². The van der Waals surface area contributed by atoms with E-state index in [4.69, 9.17) is 9.84 Å². The molecule has 0 radical (unpaired) electrons. The van der Waals surface area contributed by atoms with Crippen LogP contribution >= 0.6 is 0 Å². The lowest BCUT2D eigenvalue weighted by molar-refractivity contribution is -0.137. The minimum Gasteiger partial charge on any atom is -0.481 e. The third kappa shape index (κ3) is 2.76. The third-order valence-corrected chi connectivity index (χ3v) is 2.84. The van der Waals surface area contributed by atoms with Gasteiger partial charge in [0.15, 0.2) is 0 Å². The Morgan fingerprint density at radius 3 is 2.74 bits per heavy atom. The summed E-state index contributed by atoms with van der Waals surface area (Å²) in [4.78, 5) is 22.6. The maximum Gasteiger partial charge on any atom is 0.354 e. The van der Waals surface area contributed by atoms with Gasteiger partial charge >= 0.3 is 11.9 Å². The third-order valence-electron chi connectivity index (χ3n) is 2.84. The van der Waals surface area contributed by atoms with E-state index in [0.717, 1.165) is 10.9 Å². The molecule has 0 aliphatic rings. The number of carboxylic acid groups (broad SMARTS) is 1. The first-order valence-corrected chi connectivity index (χ1v) is 6.10. The number of aliphatic carboxylic acids is 1. The van der Waals surface area contributed by atoms with Crippen LogP contribution in [0.3, 0.4) is 0 Å². The van der Waals surface area contributed by atoms with Gasteiger partial charge in [-0.3, -0.25) is 4.79 Å². The molecule has 0 fully saturated rings. The summed E-state index contributed by atoms with van der Waals surface area (Å²) in [5.41, 5.74) is 1.23. The standard InChI is InChI=1S/C14H15NO4/c1-2-19-14(18)12-9-10-5-3-4-6-11(10)15(12)8-7-13(16)17/h3-6,9H,2,7-8H2,1H3,(H,16,17). The molecule has 0 unspecified atom stereocenters. The number of hydrogen-bond donors (Lipinski definition) is 1. The van der Waals surface area contributed by atoms with Crippen molar-refractivity contribution in [1.82, 2.24) is 4.57 Å². The number of nitrogens with zero attached hydrogens (tertiary/aromatic N) is 1. The van der Waals surface area contributed by atoms with Gasteiger partial charge in [-0.2, -0.15) is 0 Å². The summed E-state index contributed by atoms with van der Waals surface area (Å²) in [5, 5.41) is 9.69. The first-order chi connectivity index (χ1) is 9.13. The number of hydrogen-bond acceptors (Lipinski definition) is 3. The van der Waals surface area contributed by atoms with Crippen LogP contribution in [0.25, 0.3) is 10.9 Å². The smallest absolute Gasteiger partial charge is 0.354 e. The molecule has 0 spiro atoms. The molecule has 2 rings (SSSR count). The SMILES string of the molecule is CCOC(=O)c1cc2ccccc2n1CCC(=O)O. The minimum atomic E-state index is -0.896. The van der Waals surface area contributed by atoms with Crippen LogP contribution in [0.5, 0.6) is 0 Å². The van der Waals surface area contributed by atoms with E-state index >= 15 is 0 Å². The van der Waals surface area contributed by atoms with Crippen LogP contribution < -0.4 is 0 Å². The van der Waals surface area contributed by atoms with Gasteiger partial charge in [0.05, 0.1) is 13.0 Å². The molecule has 100 valence electrons. The van der Waals surface area contributed by atoms with Crippen molar-refractivity contribution in [3.63, 3.8) is 0 Å². The molecule has 1 N–H and O–H groups in total. The number of aryl methyl sites for hydroxylation is 1. The van der Waals surface area contributed by atoms with Gasteiger partial charge in [-0.05, 0) is 19.1 Å². The van der Waals surface area contributed by atoms with Gasteiger partial charge in [0.2, 0.25) is 0 Å². The molecule has 5 nitrogen and oxygen atoms in total. The second kappa shape index (κ2) is 5.56. The highest BCUT2D eigenvalue weighted by atomic mass is 16.5. The lowest BCUT2D eigenvalue weighted by Crippen LogP contribution is -2.14. The Kier molecular flexibility index (Phi) is 3.85. The Labute approximate surface area is 110 Å². The van der Waals surface area contributed by atoms with Crippen LogP contribution in [-0.4, -0.2) is 28.2 Å². The summed E-state index contributed by atoms with van der Waals surface area (Å²) >= 11 is 0. The van der Waals surface area contributed by atoms with E-state index in [1.807, 2.05) is 24.3 Å². The highest BCUT2D eigenvalue weighted by Gasteiger charge is 2.16. The van der Waals surface area contributed by atoms with Crippen molar-refractivity contribution >= 4 is 22.8 Å². The van der Waals surface area contributed by atoms with Gasteiger partial charge in [-0.25, -0.2) is 4.79 Å². The molecule has 0 amide bonds. The van der Waals surface area contributed by atoms with Crippen molar-refractivity contribution in [2.24, 2.45) is 0 Å². The molecule has 0 aliphatic carbocycles. The summed E-state index contributed by atoms with van der Waals surface area (Å²) in [7, 11) is 0. The number of carbonyl (C=O) groups excluding carboxylic acids is 1. The van der Waals surface area contributed by atoms with Gasteiger partial charge in [0.25, 0.3) is 0 Å². The van der Waals surface area contributed by atoms with Crippen LogP contribution in [0.2, 0.25) is 0 Å². The minimum absolute atomic E-state index is 0.0366. The van der Waals surface area contributed by atoms with Gasteiger partial charge in [0.1, 0.15) is 5.69 Å². The van der Waals surface area contributed by atoms with Crippen LogP contribution in [0.15, 0.2) is 30.3 Å². The zero-order chi connectivity index (χ0) is 13.8. The molecular formula is C14H15NO4.